The first-order valence-electron chi connectivity index (χ1n) is 9.01. The molecular formula is C21H17Cl2N3O3. The Bertz CT molecular complexity index is 1320. The van der Waals surface area contributed by atoms with E-state index in [2.05, 4.69) is 5.10 Å². The van der Waals surface area contributed by atoms with E-state index in [0.29, 0.717) is 44.3 Å². The highest BCUT2D eigenvalue weighted by Gasteiger charge is 2.19. The molecule has 2 heterocycles. The van der Waals surface area contributed by atoms with Gasteiger partial charge in [0, 0.05) is 34.8 Å². The normalized spacial score (nSPS) is 11.3. The van der Waals surface area contributed by atoms with Gasteiger partial charge < -0.3 is 9.67 Å². The van der Waals surface area contributed by atoms with Crippen molar-refractivity contribution < 1.29 is 5.11 Å². The van der Waals surface area contributed by atoms with Crippen molar-refractivity contribution in [1.82, 2.24) is 14.3 Å². The summed E-state index contributed by atoms with van der Waals surface area (Å²) in [6, 6.07) is 15.3. The van der Waals surface area contributed by atoms with Gasteiger partial charge in [-0.05, 0) is 36.8 Å². The van der Waals surface area contributed by atoms with Crippen molar-refractivity contribution in [3.8, 4) is 16.9 Å². The van der Waals surface area contributed by atoms with Crippen molar-refractivity contribution in [3.05, 3.63) is 85.4 Å². The number of hydrogen-bond donors (Lipinski definition) is 2. The van der Waals surface area contributed by atoms with Gasteiger partial charge in [-0.1, -0.05) is 41.4 Å². The number of aliphatic hydroxyl groups excluding tert-OH is 1. The lowest BCUT2D eigenvalue weighted by Gasteiger charge is -2.13. The number of rotatable bonds is 5. The predicted molar refractivity (Wildman–Crippen MR) is 115 cm³/mol. The Kier molecular flexibility index (Phi) is 5.32. The molecule has 8 heteroatoms. The quantitative estimate of drug-likeness (QED) is 0.505. The van der Waals surface area contributed by atoms with E-state index in [9.17, 15) is 14.7 Å². The highest BCUT2D eigenvalue weighted by atomic mass is 35.5. The van der Waals surface area contributed by atoms with Gasteiger partial charge in [-0.25, -0.2) is 4.68 Å². The van der Waals surface area contributed by atoms with Crippen molar-refractivity contribution in [2.45, 2.75) is 13.0 Å². The lowest BCUT2D eigenvalue weighted by atomic mass is 10.1. The highest BCUT2D eigenvalue weighted by Crippen LogP contribution is 2.27. The van der Waals surface area contributed by atoms with Crippen LogP contribution in [0.2, 0.25) is 10.0 Å². The minimum Gasteiger partial charge on any atom is -0.396 e. The minimum absolute atomic E-state index is 0.0701. The van der Waals surface area contributed by atoms with E-state index in [1.54, 1.807) is 48.5 Å². The van der Waals surface area contributed by atoms with Gasteiger partial charge in [0.05, 0.1) is 22.3 Å². The van der Waals surface area contributed by atoms with Crippen LogP contribution < -0.4 is 11.1 Å². The van der Waals surface area contributed by atoms with Crippen LogP contribution in [0.5, 0.6) is 0 Å². The van der Waals surface area contributed by atoms with E-state index in [1.807, 2.05) is 0 Å². The minimum atomic E-state index is -0.310. The first-order valence-corrected chi connectivity index (χ1v) is 9.76. The second-order valence-corrected chi connectivity index (χ2v) is 7.46. The summed E-state index contributed by atoms with van der Waals surface area (Å²) in [5.41, 5.74) is 1.49. The third-order valence-electron chi connectivity index (χ3n) is 4.66. The predicted octanol–water partition coefficient (Wildman–Crippen LogP) is 3.84. The van der Waals surface area contributed by atoms with Crippen LogP contribution in [0.15, 0.2) is 64.2 Å². The molecule has 0 bridgehead atoms. The molecule has 0 radical (unpaired) electrons. The molecule has 0 fully saturated rings. The summed E-state index contributed by atoms with van der Waals surface area (Å²) in [6.07, 6.45) is 0.381. The molecule has 0 saturated heterocycles. The summed E-state index contributed by atoms with van der Waals surface area (Å²) in [4.78, 5) is 26.2. The van der Waals surface area contributed by atoms with Gasteiger partial charge in [-0.2, -0.15) is 0 Å². The molecule has 0 amide bonds. The van der Waals surface area contributed by atoms with Gasteiger partial charge in [0.2, 0.25) is 0 Å². The van der Waals surface area contributed by atoms with Crippen LogP contribution in [0.3, 0.4) is 0 Å². The van der Waals surface area contributed by atoms with E-state index >= 15 is 0 Å². The molecule has 29 heavy (non-hydrogen) atoms. The number of H-pyrrole nitrogens is 1. The summed E-state index contributed by atoms with van der Waals surface area (Å²) in [5.74, 6) is 0. The monoisotopic (exact) mass is 429 g/mol. The molecule has 2 aromatic carbocycles. The smallest absolute Gasteiger partial charge is 0.281 e. The molecule has 0 aliphatic heterocycles. The zero-order valence-corrected chi connectivity index (χ0v) is 16.7. The molecule has 2 N–H and O–H groups in total. The molecule has 4 rings (SSSR count). The largest absolute Gasteiger partial charge is 0.396 e. The van der Waals surface area contributed by atoms with Crippen LogP contribution in [0.25, 0.3) is 27.8 Å². The van der Waals surface area contributed by atoms with Crippen LogP contribution in [-0.4, -0.2) is 26.1 Å². The lowest BCUT2D eigenvalue weighted by molar-refractivity contribution is 0.279. The molecule has 4 aromatic rings. The Morgan fingerprint density at radius 3 is 2.38 bits per heavy atom. The summed E-state index contributed by atoms with van der Waals surface area (Å²) >= 11 is 12.2. The summed E-state index contributed by atoms with van der Waals surface area (Å²) in [5, 5.41) is 13.6. The van der Waals surface area contributed by atoms with Gasteiger partial charge >= 0.3 is 0 Å². The number of halogens is 2. The maximum atomic E-state index is 13.3. The van der Waals surface area contributed by atoms with Gasteiger partial charge in [0.1, 0.15) is 0 Å². The molecule has 0 saturated carbocycles. The Balaban J connectivity index is 2.08. The fourth-order valence-corrected chi connectivity index (χ4v) is 3.79. The topological polar surface area (TPSA) is 80.0 Å². The van der Waals surface area contributed by atoms with E-state index in [4.69, 9.17) is 23.2 Å². The highest BCUT2D eigenvalue weighted by molar-refractivity contribution is 6.31. The SMILES string of the molecule is O=c1c2c(-c3cccc(Cl)c3)n(CCCO)c(=O)cc2[nH]n1-c1cccc(Cl)c1. The Hall–Kier alpha value is -2.80. The molecule has 0 atom stereocenters. The van der Waals surface area contributed by atoms with Crippen LogP contribution in [0.4, 0.5) is 0 Å². The molecule has 0 aliphatic carbocycles. The van der Waals surface area contributed by atoms with Crippen LogP contribution in [-0.2, 0) is 6.54 Å². The molecular weight excluding hydrogens is 413 g/mol. The first-order chi connectivity index (χ1) is 14.0. The average Bonchev–Trinajstić information content (AvgIpc) is 3.02. The van der Waals surface area contributed by atoms with Crippen LogP contribution >= 0.6 is 23.2 Å². The Morgan fingerprint density at radius 2 is 1.69 bits per heavy atom. The van der Waals surface area contributed by atoms with Crippen LogP contribution in [0, 0.1) is 0 Å². The first kappa shape index (κ1) is 19.5. The second kappa shape index (κ2) is 7.91. The zero-order valence-electron chi connectivity index (χ0n) is 15.2. The third-order valence-corrected chi connectivity index (χ3v) is 5.13. The van der Waals surface area contributed by atoms with Gasteiger partial charge in [-0.3, -0.25) is 14.7 Å². The number of aromatic nitrogens is 3. The van der Waals surface area contributed by atoms with Gasteiger partial charge in [0.25, 0.3) is 11.1 Å². The number of pyridine rings is 1. The second-order valence-electron chi connectivity index (χ2n) is 6.59. The number of aromatic amines is 1. The van der Waals surface area contributed by atoms with E-state index in [1.165, 1.54) is 15.3 Å². The molecule has 6 nitrogen and oxygen atoms in total. The maximum absolute atomic E-state index is 13.3. The number of aliphatic hydroxyl groups is 1. The van der Waals surface area contributed by atoms with E-state index < -0.39 is 0 Å². The van der Waals surface area contributed by atoms with Crippen molar-refractivity contribution >= 4 is 34.1 Å². The molecule has 148 valence electrons. The molecule has 0 spiro atoms. The Labute approximate surface area is 175 Å². The third kappa shape index (κ3) is 3.62. The van der Waals surface area contributed by atoms with E-state index in [0.717, 1.165) is 0 Å². The van der Waals surface area contributed by atoms with Crippen LogP contribution in [0.1, 0.15) is 6.42 Å². The standard InChI is InChI=1S/C21H17Cl2N3O3/c22-14-5-1-4-13(10-14)20-19-17(12-18(28)25(20)8-3-9-27)24-26(21(19)29)16-7-2-6-15(23)11-16/h1-2,4-7,10-12,24,27H,3,8-9H2. The number of nitrogens with one attached hydrogen (secondary N) is 1. The van der Waals surface area contributed by atoms with Crippen molar-refractivity contribution in [1.29, 1.82) is 0 Å². The van der Waals surface area contributed by atoms with Crippen molar-refractivity contribution in [2.24, 2.45) is 0 Å². The molecule has 2 aromatic heterocycles. The van der Waals surface area contributed by atoms with Crippen molar-refractivity contribution in [2.75, 3.05) is 6.61 Å². The molecule has 0 aliphatic rings. The van der Waals surface area contributed by atoms with Gasteiger partial charge in [-0.15, -0.1) is 0 Å². The summed E-state index contributed by atoms with van der Waals surface area (Å²) in [7, 11) is 0. The fraction of sp³-hybridized carbons (Fsp3) is 0.143. The number of nitrogens with zero attached hydrogens (tertiary/aromatic N) is 2. The maximum Gasteiger partial charge on any atom is 0.281 e. The number of fused-ring (bicyclic) bond motifs is 1. The van der Waals surface area contributed by atoms with E-state index in [-0.39, 0.29) is 24.3 Å². The number of hydrogen-bond acceptors (Lipinski definition) is 3. The van der Waals surface area contributed by atoms with Gasteiger partial charge in [0.15, 0.2) is 0 Å². The fourth-order valence-electron chi connectivity index (χ4n) is 3.42. The van der Waals surface area contributed by atoms with Crippen molar-refractivity contribution in [3.63, 3.8) is 0 Å². The lowest BCUT2D eigenvalue weighted by Crippen LogP contribution is -2.23. The Morgan fingerprint density at radius 1 is 0.966 bits per heavy atom. The summed E-state index contributed by atoms with van der Waals surface area (Å²) in [6.45, 7) is 0.203. The summed E-state index contributed by atoms with van der Waals surface area (Å²) < 4.78 is 2.86. The number of benzene rings is 2. The zero-order chi connectivity index (χ0) is 20.5. The molecule has 0 unspecified atom stereocenters. The average molecular weight is 430 g/mol.